The first-order chi connectivity index (χ1) is 14.7. The third-order valence-corrected chi connectivity index (χ3v) is 5.93. The Bertz CT molecular complexity index is 1180. The molecule has 1 saturated heterocycles. The number of rotatable bonds is 4. The highest BCUT2D eigenvalue weighted by Crippen LogP contribution is 2.30. The lowest BCUT2D eigenvalue weighted by Crippen LogP contribution is -2.49. The van der Waals surface area contributed by atoms with Gasteiger partial charge in [-0.15, -0.1) is 11.3 Å². The molecule has 0 spiro atoms. The highest BCUT2D eigenvalue weighted by atomic mass is 32.1. The molecule has 2 N–H and O–H groups in total. The topological polar surface area (TPSA) is 103 Å². The van der Waals surface area contributed by atoms with Gasteiger partial charge in [-0.1, -0.05) is 0 Å². The van der Waals surface area contributed by atoms with E-state index in [-0.39, 0.29) is 5.91 Å². The molecule has 4 aromatic heterocycles. The van der Waals surface area contributed by atoms with Crippen LogP contribution in [0.15, 0.2) is 42.0 Å². The summed E-state index contributed by atoms with van der Waals surface area (Å²) >= 11 is 1.60. The molecule has 0 radical (unpaired) electrons. The van der Waals surface area contributed by atoms with Gasteiger partial charge in [0.2, 0.25) is 5.95 Å². The predicted molar refractivity (Wildman–Crippen MR) is 116 cm³/mol. The molecule has 10 heteroatoms. The molecule has 4 aromatic rings. The summed E-state index contributed by atoms with van der Waals surface area (Å²) in [4.78, 5) is 30.1. The monoisotopic (exact) mass is 420 g/mol. The van der Waals surface area contributed by atoms with E-state index in [0.717, 1.165) is 27.5 Å². The van der Waals surface area contributed by atoms with Crippen LogP contribution in [-0.4, -0.2) is 62.1 Å². The van der Waals surface area contributed by atoms with Crippen LogP contribution < -0.4 is 10.2 Å². The fourth-order valence-electron chi connectivity index (χ4n) is 3.47. The molecule has 1 aliphatic heterocycles. The summed E-state index contributed by atoms with van der Waals surface area (Å²) in [5.74, 6) is 2.15. The summed E-state index contributed by atoms with van der Waals surface area (Å²) in [7, 11) is 0. The minimum absolute atomic E-state index is 0.0301. The van der Waals surface area contributed by atoms with Crippen LogP contribution in [0.1, 0.15) is 16.1 Å². The largest absolute Gasteiger partial charge is 0.337 e. The second kappa shape index (κ2) is 7.71. The molecule has 1 amide bonds. The van der Waals surface area contributed by atoms with Crippen molar-refractivity contribution in [1.82, 2.24) is 30.0 Å². The Morgan fingerprint density at radius 2 is 1.93 bits per heavy atom. The molecular weight excluding hydrogens is 400 g/mol. The summed E-state index contributed by atoms with van der Waals surface area (Å²) in [6.07, 6.45) is 3.28. The smallest absolute Gasteiger partial charge is 0.254 e. The van der Waals surface area contributed by atoms with E-state index < -0.39 is 0 Å². The minimum Gasteiger partial charge on any atom is -0.337 e. The Morgan fingerprint density at radius 3 is 2.67 bits per heavy atom. The third-order valence-electron chi connectivity index (χ3n) is 5.02. The number of hydrogen-bond acceptors (Lipinski definition) is 8. The van der Waals surface area contributed by atoms with Gasteiger partial charge in [0, 0.05) is 55.9 Å². The van der Waals surface area contributed by atoms with Crippen LogP contribution in [0, 0.1) is 6.92 Å². The normalized spacial score (nSPS) is 14.3. The maximum absolute atomic E-state index is 12.7. The van der Waals surface area contributed by atoms with Crippen molar-refractivity contribution < 1.29 is 4.79 Å². The molecule has 0 unspecified atom stereocenters. The van der Waals surface area contributed by atoms with Gasteiger partial charge in [0.1, 0.15) is 0 Å². The molecule has 0 aromatic carbocycles. The van der Waals surface area contributed by atoms with Crippen molar-refractivity contribution in [3.8, 4) is 0 Å². The molecule has 5 rings (SSSR count). The first-order valence-electron chi connectivity index (χ1n) is 9.66. The van der Waals surface area contributed by atoms with Crippen LogP contribution in [-0.2, 0) is 0 Å². The van der Waals surface area contributed by atoms with E-state index in [4.69, 9.17) is 9.97 Å². The molecule has 1 fully saturated rings. The number of amides is 1. The number of nitrogens with zero attached hydrogens (tertiary/aromatic N) is 6. The van der Waals surface area contributed by atoms with Crippen molar-refractivity contribution in [2.75, 3.05) is 36.4 Å². The van der Waals surface area contributed by atoms with Crippen LogP contribution in [0.2, 0.25) is 0 Å². The molecule has 0 saturated carbocycles. The van der Waals surface area contributed by atoms with E-state index >= 15 is 0 Å². The standard InChI is InChI=1S/C20H20N8OS/c1-13-12-16(26-25-13)23-18-17-15(4-11-30-17)22-20(24-18)28-9-7-27(8-10-28)19(29)14-2-5-21-6-3-14/h2-6,11-12H,7-10H2,1H3,(H2,22,23,24,25,26). The van der Waals surface area contributed by atoms with Gasteiger partial charge in [0.15, 0.2) is 11.6 Å². The quantitative estimate of drug-likeness (QED) is 0.523. The number of thiophene rings is 1. The van der Waals surface area contributed by atoms with Crippen molar-refractivity contribution in [1.29, 1.82) is 0 Å². The SMILES string of the molecule is Cc1cc(Nc2nc(N3CCN(C(=O)c4ccncc4)CC3)nc3ccsc23)n[nH]1. The Balaban J connectivity index is 1.35. The van der Waals surface area contributed by atoms with Crippen LogP contribution in [0.4, 0.5) is 17.6 Å². The van der Waals surface area contributed by atoms with Gasteiger partial charge in [-0.2, -0.15) is 10.1 Å². The van der Waals surface area contributed by atoms with E-state index in [1.165, 1.54) is 0 Å². The number of H-pyrrole nitrogens is 1. The molecular formula is C20H20N8OS. The molecule has 5 heterocycles. The Hall–Kier alpha value is -3.53. The molecule has 9 nitrogen and oxygen atoms in total. The summed E-state index contributed by atoms with van der Waals surface area (Å²) in [6, 6.07) is 7.42. The molecule has 0 bridgehead atoms. The van der Waals surface area contributed by atoms with Gasteiger partial charge >= 0.3 is 0 Å². The van der Waals surface area contributed by atoms with Crippen molar-refractivity contribution in [2.45, 2.75) is 6.92 Å². The van der Waals surface area contributed by atoms with E-state index in [9.17, 15) is 4.79 Å². The highest BCUT2D eigenvalue weighted by molar-refractivity contribution is 7.17. The lowest BCUT2D eigenvalue weighted by atomic mass is 10.2. The van der Waals surface area contributed by atoms with Crippen molar-refractivity contribution in [3.05, 3.63) is 53.3 Å². The van der Waals surface area contributed by atoms with Crippen molar-refractivity contribution >= 4 is 45.0 Å². The zero-order valence-corrected chi connectivity index (χ0v) is 17.2. The maximum Gasteiger partial charge on any atom is 0.254 e. The molecule has 0 atom stereocenters. The van der Waals surface area contributed by atoms with E-state index in [1.54, 1.807) is 35.9 Å². The van der Waals surface area contributed by atoms with Gasteiger partial charge < -0.3 is 15.1 Å². The number of anilines is 3. The second-order valence-corrected chi connectivity index (χ2v) is 8.00. The maximum atomic E-state index is 12.7. The number of aromatic nitrogens is 5. The predicted octanol–water partition coefficient (Wildman–Crippen LogP) is 2.82. The molecule has 0 aliphatic carbocycles. The van der Waals surface area contributed by atoms with Gasteiger partial charge in [-0.25, -0.2) is 4.98 Å². The first-order valence-corrected chi connectivity index (χ1v) is 10.5. The number of carbonyl (C=O) groups is 1. The van der Waals surface area contributed by atoms with E-state index in [2.05, 4.69) is 25.4 Å². The Morgan fingerprint density at radius 1 is 1.13 bits per heavy atom. The van der Waals surface area contributed by atoms with Crippen LogP contribution in [0.25, 0.3) is 10.2 Å². The Kier molecular flexibility index (Phi) is 4.75. The highest BCUT2D eigenvalue weighted by Gasteiger charge is 2.24. The van der Waals surface area contributed by atoms with Crippen LogP contribution >= 0.6 is 11.3 Å². The Labute approximate surface area is 176 Å². The van der Waals surface area contributed by atoms with E-state index in [0.29, 0.717) is 37.7 Å². The molecule has 1 aliphatic rings. The second-order valence-electron chi connectivity index (χ2n) is 7.08. The lowest BCUT2D eigenvalue weighted by molar-refractivity contribution is 0.0746. The molecule has 30 heavy (non-hydrogen) atoms. The first kappa shape index (κ1) is 18.5. The van der Waals surface area contributed by atoms with Gasteiger partial charge in [-0.05, 0) is 30.5 Å². The lowest BCUT2D eigenvalue weighted by Gasteiger charge is -2.34. The van der Waals surface area contributed by atoms with Crippen LogP contribution in [0.5, 0.6) is 0 Å². The number of hydrogen-bond donors (Lipinski definition) is 2. The third kappa shape index (κ3) is 3.57. The fraction of sp³-hybridized carbons (Fsp3) is 0.250. The average Bonchev–Trinajstić information content (AvgIpc) is 3.43. The van der Waals surface area contributed by atoms with E-state index in [1.807, 2.05) is 29.3 Å². The summed E-state index contributed by atoms with van der Waals surface area (Å²) in [5.41, 5.74) is 2.54. The zero-order valence-electron chi connectivity index (χ0n) is 16.4. The number of aryl methyl sites for hydroxylation is 1. The summed E-state index contributed by atoms with van der Waals surface area (Å²) in [5, 5.41) is 12.5. The fourth-order valence-corrected chi connectivity index (χ4v) is 4.24. The van der Waals surface area contributed by atoms with Gasteiger partial charge in [-0.3, -0.25) is 14.9 Å². The van der Waals surface area contributed by atoms with Crippen LogP contribution in [0.3, 0.4) is 0 Å². The van der Waals surface area contributed by atoms with Crippen molar-refractivity contribution in [3.63, 3.8) is 0 Å². The van der Waals surface area contributed by atoms with Gasteiger partial charge in [0.25, 0.3) is 5.91 Å². The average molecular weight is 421 g/mol. The summed E-state index contributed by atoms with van der Waals surface area (Å²) < 4.78 is 0.992. The number of nitrogens with one attached hydrogen (secondary N) is 2. The minimum atomic E-state index is 0.0301. The van der Waals surface area contributed by atoms with Crippen molar-refractivity contribution in [2.24, 2.45) is 0 Å². The summed E-state index contributed by atoms with van der Waals surface area (Å²) in [6.45, 7) is 4.54. The zero-order chi connectivity index (χ0) is 20.5. The number of fused-ring (bicyclic) bond motifs is 1. The number of pyridine rings is 1. The van der Waals surface area contributed by atoms with Gasteiger partial charge in [0.05, 0.1) is 10.2 Å². The number of carbonyl (C=O) groups excluding carboxylic acids is 1. The molecule has 152 valence electrons. The number of piperazine rings is 1. The number of aromatic amines is 1.